The SMILES string of the molecule is O=S(=O)([O-])c1ccc(C2CCCCC2)cc1. The molecule has 1 aliphatic rings. The predicted molar refractivity (Wildman–Crippen MR) is 60.2 cm³/mol. The summed E-state index contributed by atoms with van der Waals surface area (Å²) in [6, 6.07) is 6.40. The summed E-state index contributed by atoms with van der Waals surface area (Å²) in [6.07, 6.45) is 6.12. The Labute approximate surface area is 96.2 Å². The van der Waals surface area contributed by atoms with Crippen molar-refractivity contribution in [3.63, 3.8) is 0 Å². The third kappa shape index (κ3) is 2.62. The summed E-state index contributed by atoms with van der Waals surface area (Å²) >= 11 is 0. The summed E-state index contributed by atoms with van der Waals surface area (Å²) in [7, 11) is -4.30. The van der Waals surface area contributed by atoms with Crippen LogP contribution in [0.1, 0.15) is 43.6 Å². The van der Waals surface area contributed by atoms with Crippen LogP contribution in [0.3, 0.4) is 0 Å². The number of benzene rings is 1. The highest BCUT2D eigenvalue weighted by Gasteiger charge is 2.15. The van der Waals surface area contributed by atoms with Crippen LogP contribution in [0.25, 0.3) is 0 Å². The minimum Gasteiger partial charge on any atom is -0.744 e. The van der Waals surface area contributed by atoms with Gasteiger partial charge in [0.05, 0.1) is 4.90 Å². The van der Waals surface area contributed by atoms with E-state index in [-0.39, 0.29) is 4.90 Å². The van der Waals surface area contributed by atoms with Gasteiger partial charge in [-0.25, -0.2) is 8.42 Å². The highest BCUT2D eigenvalue weighted by Crippen LogP contribution is 2.32. The molecule has 0 saturated heterocycles. The van der Waals surface area contributed by atoms with Crippen molar-refractivity contribution >= 4 is 10.1 Å². The van der Waals surface area contributed by atoms with Crippen LogP contribution in [0.15, 0.2) is 29.2 Å². The second-order valence-electron chi connectivity index (χ2n) is 4.36. The molecule has 0 atom stereocenters. The molecular formula is C12H15O3S-. The molecule has 0 spiro atoms. The minimum absolute atomic E-state index is 0.132. The van der Waals surface area contributed by atoms with Gasteiger partial charge in [-0.05, 0) is 36.5 Å². The van der Waals surface area contributed by atoms with Crippen molar-refractivity contribution in [2.75, 3.05) is 0 Å². The van der Waals surface area contributed by atoms with Gasteiger partial charge in [0.15, 0.2) is 0 Å². The fourth-order valence-electron chi connectivity index (χ4n) is 2.34. The van der Waals surface area contributed by atoms with Gasteiger partial charge >= 0.3 is 0 Å². The van der Waals surface area contributed by atoms with Gasteiger partial charge in [-0.3, -0.25) is 0 Å². The molecule has 0 heterocycles. The molecule has 0 unspecified atom stereocenters. The number of hydrogen-bond donors (Lipinski definition) is 0. The van der Waals surface area contributed by atoms with Crippen LogP contribution in [0.5, 0.6) is 0 Å². The summed E-state index contributed by atoms with van der Waals surface area (Å²) in [5.74, 6) is 0.539. The molecule has 16 heavy (non-hydrogen) atoms. The van der Waals surface area contributed by atoms with Crippen molar-refractivity contribution in [1.82, 2.24) is 0 Å². The fraction of sp³-hybridized carbons (Fsp3) is 0.500. The standard InChI is InChI=1S/C12H16O3S/c13-16(14,15)12-8-6-11(7-9-12)10-4-2-1-3-5-10/h6-10H,1-5H2,(H,13,14,15)/p-1. The van der Waals surface area contributed by atoms with Crippen molar-refractivity contribution in [1.29, 1.82) is 0 Å². The zero-order chi connectivity index (χ0) is 11.6. The van der Waals surface area contributed by atoms with E-state index in [0.717, 1.165) is 5.56 Å². The molecule has 1 aliphatic carbocycles. The lowest BCUT2D eigenvalue weighted by atomic mass is 9.84. The molecule has 0 aromatic heterocycles. The topological polar surface area (TPSA) is 57.2 Å². The van der Waals surface area contributed by atoms with Crippen LogP contribution < -0.4 is 0 Å². The molecule has 1 aromatic rings. The van der Waals surface area contributed by atoms with Crippen LogP contribution in [0, 0.1) is 0 Å². The molecule has 0 N–H and O–H groups in total. The quantitative estimate of drug-likeness (QED) is 0.745. The molecule has 0 amide bonds. The molecule has 1 fully saturated rings. The molecule has 4 heteroatoms. The third-order valence-electron chi connectivity index (χ3n) is 3.25. The van der Waals surface area contributed by atoms with Gasteiger partial charge in [0.2, 0.25) is 0 Å². The molecule has 0 radical (unpaired) electrons. The van der Waals surface area contributed by atoms with Crippen molar-refractivity contribution in [2.24, 2.45) is 0 Å². The molecule has 1 aromatic carbocycles. The number of rotatable bonds is 2. The summed E-state index contributed by atoms with van der Waals surface area (Å²) in [5.41, 5.74) is 1.16. The van der Waals surface area contributed by atoms with Gasteiger partial charge in [-0.1, -0.05) is 31.4 Å². The van der Waals surface area contributed by atoms with Gasteiger partial charge in [-0.15, -0.1) is 0 Å². The van der Waals surface area contributed by atoms with E-state index in [9.17, 15) is 13.0 Å². The Bertz CT molecular complexity index is 442. The van der Waals surface area contributed by atoms with Crippen molar-refractivity contribution in [3.05, 3.63) is 29.8 Å². The lowest BCUT2D eigenvalue weighted by Gasteiger charge is -2.22. The molecule has 3 nitrogen and oxygen atoms in total. The van der Waals surface area contributed by atoms with E-state index in [0.29, 0.717) is 5.92 Å². The molecule has 1 saturated carbocycles. The third-order valence-corrected chi connectivity index (χ3v) is 4.09. The van der Waals surface area contributed by atoms with Crippen LogP contribution in [-0.2, 0) is 10.1 Å². The van der Waals surface area contributed by atoms with Crippen LogP contribution in [0.2, 0.25) is 0 Å². The van der Waals surface area contributed by atoms with Crippen LogP contribution >= 0.6 is 0 Å². The first-order chi connectivity index (χ1) is 7.57. The molecular weight excluding hydrogens is 224 g/mol. The molecule has 88 valence electrons. The van der Waals surface area contributed by atoms with Gasteiger partial charge in [0.25, 0.3) is 0 Å². The second kappa shape index (κ2) is 4.55. The highest BCUT2D eigenvalue weighted by atomic mass is 32.2. The maximum atomic E-state index is 10.8. The largest absolute Gasteiger partial charge is 0.744 e. The van der Waals surface area contributed by atoms with Crippen molar-refractivity contribution in [3.8, 4) is 0 Å². The van der Waals surface area contributed by atoms with E-state index in [2.05, 4.69) is 0 Å². The Hall–Kier alpha value is -0.870. The molecule has 0 aliphatic heterocycles. The second-order valence-corrected chi connectivity index (χ2v) is 5.74. The predicted octanol–water partition coefficient (Wildman–Crippen LogP) is 2.64. The first-order valence-electron chi connectivity index (χ1n) is 5.63. The highest BCUT2D eigenvalue weighted by molar-refractivity contribution is 7.85. The van der Waals surface area contributed by atoms with E-state index >= 15 is 0 Å². The van der Waals surface area contributed by atoms with Gasteiger partial charge in [-0.2, -0.15) is 0 Å². The van der Waals surface area contributed by atoms with Crippen molar-refractivity contribution in [2.45, 2.75) is 42.9 Å². The van der Waals surface area contributed by atoms with E-state index in [1.54, 1.807) is 12.1 Å². The Morgan fingerprint density at radius 2 is 1.56 bits per heavy atom. The maximum absolute atomic E-state index is 10.8. The zero-order valence-electron chi connectivity index (χ0n) is 9.06. The lowest BCUT2D eigenvalue weighted by molar-refractivity contribution is 0.443. The lowest BCUT2D eigenvalue weighted by Crippen LogP contribution is -2.05. The first kappa shape index (κ1) is 11.6. The molecule has 0 bridgehead atoms. The van der Waals surface area contributed by atoms with Gasteiger partial charge in [0.1, 0.15) is 10.1 Å². The van der Waals surface area contributed by atoms with Crippen LogP contribution in [-0.4, -0.2) is 13.0 Å². The Kier molecular flexibility index (Phi) is 3.30. The monoisotopic (exact) mass is 239 g/mol. The van der Waals surface area contributed by atoms with Gasteiger partial charge < -0.3 is 4.55 Å². The smallest absolute Gasteiger partial charge is 0.124 e. The maximum Gasteiger partial charge on any atom is 0.124 e. The Balaban J connectivity index is 2.18. The molecule has 2 rings (SSSR count). The fourth-order valence-corrected chi connectivity index (χ4v) is 2.81. The van der Waals surface area contributed by atoms with Gasteiger partial charge in [0, 0.05) is 0 Å². The Morgan fingerprint density at radius 1 is 1.00 bits per heavy atom. The Morgan fingerprint density at radius 3 is 2.06 bits per heavy atom. The van der Waals surface area contributed by atoms with E-state index in [1.807, 2.05) is 0 Å². The first-order valence-corrected chi connectivity index (χ1v) is 7.04. The summed E-state index contributed by atoms with van der Waals surface area (Å²) in [4.78, 5) is -0.132. The number of hydrogen-bond acceptors (Lipinski definition) is 3. The summed E-state index contributed by atoms with van der Waals surface area (Å²) in [6.45, 7) is 0. The summed E-state index contributed by atoms with van der Waals surface area (Å²) in [5, 5.41) is 0. The summed E-state index contributed by atoms with van der Waals surface area (Å²) < 4.78 is 32.3. The minimum atomic E-state index is -4.30. The van der Waals surface area contributed by atoms with Crippen LogP contribution in [0.4, 0.5) is 0 Å². The average Bonchev–Trinajstić information content (AvgIpc) is 2.29. The van der Waals surface area contributed by atoms with E-state index in [1.165, 1.54) is 44.2 Å². The van der Waals surface area contributed by atoms with E-state index in [4.69, 9.17) is 0 Å². The zero-order valence-corrected chi connectivity index (χ0v) is 9.87. The van der Waals surface area contributed by atoms with E-state index < -0.39 is 10.1 Å². The van der Waals surface area contributed by atoms with Crippen molar-refractivity contribution < 1.29 is 13.0 Å². The normalized spacial score (nSPS) is 18.6. The average molecular weight is 239 g/mol.